The van der Waals surface area contributed by atoms with E-state index in [0.717, 1.165) is 4.57 Å². The zero-order chi connectivity index (χ0) is 17.6. The Morgan fingerprint density at radius 1 is 1.39 bits per heavy atom. The van der Waals surface area contributed by atoms with Crippen molar-refractivity contribution in [3.63, 3.8) is 0 Å². The van der Waals surface area contributed by atoms with Crippen molar-refractivity contribution in [1.82, 2.24) is 25.4 Å². The quantitative estimate of drug-likeness (QED) is 0.579. The number of aromatic nitrogens is 3. The van der Waals surface area contributed by atoms with Gasteiger partial charge in [0.05, 0.1) is 0 Å². The standard InChI is InChI=1S/C13H20N5O5/c1-8(16-12(22)23-13(2,3)4)9(19)14-5-6-18-7-15-17-10(20)11(18)21/h8H,5-6H2,1-4H3,(H,14,19)(H,16,22)(H,17,20). The van der Waals surface area contributed by atoms with E-state index in [4.69, 9.17) is 4.74 Å². The van der Waals surface area contributed by atoms with Crippen molar-refractivity contribution in [3.8, 4) is 0 Å². The number of carbonyl (C=O) groups is 2. The van der Waals surface area contributed by atoms with Crippen LogP contribution in [0.1, 0.15) is 27.7 Å². The number of nitrogens with zero attached hydrogens (tertiary/aromatic N) is 2. The van der Waals surface area contributed by atoms with Crippen LogP contribution in [0.3, 0.4) is 0 Å². The first-order chi connectivity index (χ1) is 10.6. The van der Waals surface area contributed by atoms with Crippen molar-refractivity contribution >= 4 is 12.0 Å². The van der Waals surface area contributed by atoms with Gasteiger partial charge in [0.15, 0.2) is 0 Å². The summed E-state index contributed by atoms with van der Waals surface area (Å²) in [5, 5.41) is 10.2. The molecule has 0 saturated heterocycles. The molecule has 0 aromatic carbocycles. The van der Waals surface area contributed by atoms with Crippen molar-refractivity contribution in [3.05, 3.63) is 27.0 Å². The molecule has 0 aliphatic carbocycles. The summed E-state index contributed by atoms with van der Waals surface area (Å²) in [6.45, 7) is 6.72. The van der Waals surface area contributed by atoms with Crippen molar-refractivity contribution in [2.24, 2.45) is 0 Å². The Bertz CT molecular complexity index is 672. The van der Waals surface area contributed by atoms with E-state index < -0.39 is 34.8 Å². The molecule has 1 unspecified atom stereocenters. The molecule has 0 bridgehead atoms. The van der Waals surface area contributed by atoms with Crippen LogP contribution in [0.5, 0.6) is 0 Å². The van der Waals surface area contributed by atoms with Crippen LogP contribution in [-0.2, 0) is 16.1 Å². The molecule has 0 fully saturated rings. The van der Waals surface area contributed by atoms with Crippen molar-refractivity contribution in [1.29, 1.82) is 0 Å². The molecule has 0 aliphatic heterocycles. The number of alkyl carbamates (subject to hydrolysis) is 1. The lowest BCUT2D eigenvalue weighted by atomic mass is 10.2. The average Bonchev–Trinajstić information content (AvgIpc) is 2.41. The molecule has 1 aromatic rings. The molecule has 3 N–H and O–H groups in total. The molecule has 10 heteroatoms. The molecular formula is C13H20N5O5. The van der Waals surface area contributed by atoms with E-state index in [9.17, 15) is 19.2 Å². The van der Waals surface area contributed by atoms with Gasteiger partial charge in [-0.1, -0.05) is 0 Å². The summed E-state index contributed by atoms with van der Waals surface area (Å²) in [4.78, 5) is 45.8. The van der Waals surface area contributed by atoms with Gasteiger partial charge in [-0.25, -0.2) is 9.89 Å². The van der Waals surface area contributed by atoms with E-state index in [1.165, 1.54) is 6.92 Å². The summed E-state index contributed by atoms with van der Waals surface area (Å²) in [5.41, 5.74) is -2.34. The fraction of sp³-hybridized carbons (Fsp3) is 0.615. The minimum Gasteiger partial charge on any atom is -0.444 e. The SMILES string of the molecule is CC(NC(=O)OC(C)(C)C)C(=O)NCCn1[c]n[nH]c(=O)c1=O. The van der Waals surface area contributed by atoms with E-state index in [-0.39, 0.29) is 13.1 Å². The van der Waals surface area contributed by atoms with E-state index in [0.29, 0.717) is 0 Å². The van der Waals surface area contributed by atoms with Crippen LogP contribution < -0.4 is 21.8 Å². The Kier molecular flexibility index (Phi) is 6.05. The first-order valence-electron chi connectivity index (χ1n) is 6.94. The number of aromatic amines is 1. The van der Waals surface area contributed by atoms with Gasteiger partial charge in [-0.15, -0.1) is 0 Å². The Hall–Kier alpha value is -2.65. The molecular weight excluding hydrogens is 306 g/mol. The number of carbonyl (C=O) groups excluding carboxylic acids is 2. The molecule has 0 aliphatic rings. The molecule has 127 valence electrons. The average molecular weight is 326 g/mol. The molecule has 1 heterocycles. The van der Waals surface area contributed by atoms with Crippen LogP contribution in [-0.4, -0.2) is 45.0 Å². The smallest absolute Gasteiger partial charge is 0.408 e. The summed E-state index contributed by atoms with van der Waals surface area (Å²) < 4.78 is 5.98. The largest absolute Gasteiger partial charge is 0.444 e. The third-order valence-electron chi connectivity index (χ3n) is 2.53. The third-order valence-corrected chi connectivity index (χ3v) is 2.53. The van der Waals surface area contributed by atoms with Gasteiger partial charge in [0.2, 0.25) is 12.2 Å². The Morgan fingerprint density at radius 3 is 2.65 bits per heavy atom. The fourth-order valence-electron chi connectivity index (χ4n) is 1.50. The van der Waals surface area contributed by atoms with E-state index in [1.807, 2.05) is 5.10 Å². The lowest BCUT2D eigenvalue weighted by Crippen LogP contribution is -2.47. The molecule has 23 heavy (non-hydrogen) atoms. The first kappa shape index (κ1) is 18.4. The highest BCUT2D eigenvalue weighted by atomic mass is 16.6. The fourth-order valence-corrected chi connectivity index (χ4v) is 1.50. The lowest BCUT2D eigenvalue weighted by Gasteiger charge is -2.21. The second-order valence-electron chi connectivity index (χ2n) is 5.77. The van der Waals surface area contributed by atoms with Gasteiger partial charge in [-0.3, -0.25) is 19.0 Å². The zero-order valence-electron chi connectivity index (χ0n) is 13.4. The molecule has 10 nitrogen and oxygen atoms in total. The van der Waals surface area contributed by atoms with Gasteiger partial charge in [-0.2, -0.15) is 5.10 Å². The maximum atomic E-state index is 11.8. The molecule has 1 radical (unpaired) electrons. The Labute approximate surface area is 132 Å². The molecule has 1 aromatic heterocycles. The zero-order valence-corrected chi connectivity index (χ0v) is 13.4. The van der Waals surface area contributed by atoms with E-state index >= 15 is 0 Å². The predicted octanol–water partition coefficient (Wildman–Crippen LogP) is -1.24. The summed E-state index contributed by atoms with van der Waals surface area (Å²) in [7, 11) is 0. The second-order valence-corrected chi connectivity index (χ2v) is 5.77. The predicted molar refractivity (Wildman–Crippen MR) is 79.8 cm³/mol. The first-order valence-corrected chi connectivity index (χ1v) is 6.94. The molecule has 2 amide bonds. The lowest BCUT2D eigenvalue weighted by molar-refractivity contribution is -0.122. The monoisotopic (exact) mass is 326 g/mol. The number of amides is 2. The highest BCUT2D eigenvalue weighted by Gasteiger charge is 2.20. The molecule has 1 atom stereocenters. The third kappa shape index (κ3) is 6.32. The van der Waals surface area contributed by atoms with Crippen LogP contribution >= 0.6 is 0 Å². The number of nitrogens with one attached hydrogen (secondary N) is 3. The summed E-state index contributed by atoms with van der Waals surface area (Å²) >= 11 is 0. The maximum absolute atomic E-state index is 11.8. The van der Waals surface area contributed by atoms with Crippen molar-refractivity contribution < 1.29 is 14.3 Å². The van der Waals surface area contributed by atoms with Crippen LogP contribution in [0.2, 0.25) is 0 Å². The summed E-state index contributed by atoms with van der Waals surface area (Å²) in [5.74, 6) is -0.457. The normalized spacial score (nSPS) is 12.3. The highest BCUT2D eigenvalue weighted by Crippen LogP contribution is 2.06. The van der Waals surface area contributed by atoms with Crippen LogP contribution in [0.25, 0.3) is 0 Å². The van der Waals surface area contributed by atoms with E-state index in [1.54, 1.807) is 20.8 Å². The molecule has 0 saturated carbocycles. The van der Waals surface area contributed by atoms with Crippen LogP contribution in [0.15, 0.2) is 9.59 Å². The van der Waals surface area contributed by atoms with E-state index in [2.05, 4.69) is 22.1 Å². The highest BCUT2D eigenvalue weighted by molar-refractivity contribution is 5.85. The topological polar surface area (TPSA) is 135 Å². The Balaban J connectivity index is 2.44. The van der Waals surface area contributed by atoms with Crippen molar-refractivity contribution in [2.75, 3.05) is 6.54 Å². The van der Waals surface area contributed by atoms with Gasteiger partial charge < -0.3 is 15.4 Å². The summed E-state index contributed by atoms with van der Waals surface area (Å²) in [6.07, 6.45) is 1.59. The van der Waals surface area contributed by atoms with Gasteiger partial charge in [0, 0.05) is 13.1 Å². The van der Waals surface area contributed by atoms with Crippen LogP contribution in [0, 0.1) is 6.33 Å². The minimum atomic E-state index is -0.866. The number of hydrogen-bond donors (Lipinski definition) is 3. The summed E-state index contributed by atoms with van der Waals surface area (Å²) in [6, 6.07) is -0.817. The number of hydrogen-bond acceptors (Lipinski definition) is 6. The number of ether oxygens (including phenoxy) is 1. The van der Waals surface area contributed by atoms with Gasteiger partial charge >= 0.3 is 17.2 Å². The van der Waals surface area contributed by atoms with Crippen LogP contribution in [0.4, 0.5) is 4.79 Å². The minimum absolute atomic E-state index is 0.0284. The Morgan fingerprint density at radius 2 is 2.04 bits per heavy atom. The maximum Gasteiger partial charge on any atom is 0.408 e. The molecule has 1 rings (SSSR count). The van der Waals surface area contributed by atoms with Gasteiger partial charge in [0.1, 0.15) is 11.6 Å². The van der Waals surface area contributed by atoms with Crippen molar-refractivity contribution in [2.45, 2.75) is 45.9 Å². The number of rotatable bonds is 5. The number of H-pyrrole nitrogens is 1. The second kappa shape index (κ2) is 7.56. The van der Waals surface area contributed by atoms with Gasteiger partial charge in [-0.05, 0) is 27.7 Å². The molecule has 0 spiro atoms. The van der Waals surface area contributed by atoms with Gasteiger partial charge in [0.25, 0.3) is 0 Å².